The van der Waals surface area contributed by atoms with Gasteiger partial charge in [-0.25, -0.2) is 0 Å². The fourth-order valence-corrected chi connectivity index (χ4v) is 4.09. The Labute approximate surface area is 160 Å². The molecule has 0 amide bonds. The SMILES string of the molecule is CC1(C)CCCC(C)(C)N1OC/C(=C\c1ccc2ccccc2c1)[N+](=O)[O-]. The van der Waals surface area contributed by atoms with E-state index in [0.29, 0.717) is 0 Å². The molecule has 5 nitrogen and oxygen atoms in total. The van der Waals surface area contributed by atoms with Crippen LogP contribution < -0.4 is 0 Å². The molecule has 0 N–H and O–H groups in total. The lowest BCUT2D eigenvalue weighted by Gasteiger charge is -2.51. The molecule has 1 saturated heterocycles. The Balaban J connectivity index is 1.82. The van der Waals surface area contributed by atoms with Gasteiger partial charge in [0, 0.05) is 17.2 Å². The molecule has 0 bridgehead atoms. The van der Waals surface area contributed by atoms with Gasteiger partial charge in [-0.05, 0) is 69.4 Å². The minimum atomic E-state index is -0.348. The molecule has 1 heterocycles. The van der Waals surface area contributed by atoms with E-state index in [0.717, 1.165) is 35.6 Å². The van der Waals surface area contributed by atoms with Gasteiger partial charge in [-0.3, -0.25) is 15.0 Å². The summed E-state index contributed by atoms with van der Waals surface area (Å²) in [4.78, 5) is 17.3. The lowest BCUT2D eigenvalue weighted by atomic mass is 9.82. The van der Waals surface area contributed by atoms with Crippen LogP contribution in [0, 0.1) is 10.1 Å². The van der Waals surface area contributed by atoms with Crippen molar-refractivity contribution in [1.82, 2.24) is 5.06 Å². The smallest absolute Gasteiger partial charge is 0.274 e. The van der Waals surface area contributed by atoms with Crippen molar-refractivity contribution in [3.63, 3.8) is 0 Å². The average molecular weight is 368 g/mol. The Morgan fingerprint density at radius 3 is 2.37 bits per heavy atom. The maximum Gasteiger partial charge on any atom is 0.274 e. The van der Waals surface area contributed by atoms with E-state index < -0.39 is 0 Å². The Hall–Kier alpha value is -2.24. The molecule has 5 heteroatoms. The zero-order valence-electron chi connectivity index (χ0n) is 16.6. The molecular weight excluding hydrogens is 340 g/mol. The predicted octanol–water partition coefficient (Wildman–Crippen LogP) is 5.43. The van der Waals surface area contributed by atoms with Crippen molar-refractivity contribution in [2.75, 3.05) is 6.61 Å². The minimum Gasteiger partial charge on any atom is -0.287 e. The van der Waals surface area contributed by atoms with Crippen LogP contribution in [0.1, 0.15) is 52.5 Å². The fraction of sp³-hybridized carbons (Fsp3) is 0.455. The number of hydroxylamine groups is 2. The summed E-state index contributed by atoms with van der Waals surface area (Å²) in [6.07, 6.45) is 4.77. The van der Waals surface area contributed by atoms with Gasteiger partial charge < -0.3 is 0 Å². The quantitative estimate of drug-likeness (QED) is 0.521. The third kappa shape index (κ3) is 4.37. The van der Waals surface area contributed by atoms with E-state index in [4.69, 9.17) is 4.84 Å². The molecule has 0 saturated carbocycles. The number of benzene rings is 2. The van der Waals surface area contributed by atoms with Gasteiger partial charge >= 0.3 is 0 Å². The zero-order valence-corrected chi connectivity index (χ0v) is 16.6. The normalized spacial score (nSPS) is 19.9. The van der Waals surface area contributed by atoms with Crippen LogP contribution in [0.4, 0.5) is 0 Å². The molecule has 2 aromatic rings. The first-order valence-corrected chi connectivity index (χ1v) is 9.46. The minimum absolute atomic E-state index is 0.0489. The van der Waals surface area contributed by atoms with E-state index in [1.165, 1.54) is 0 Å². The van der Waals surface area contributed by atoms with Crippen molar-refractivity contribution < 1.29 is 9.76 Å². The van der Waals surface area contributed by atoms with Gasteiger partial charge in [0.2, 0.25) is 0 Å². The highest BCUT2D eigenvalue weighted by Crippen LogP contribution is 2.38. The lowest BCUT2D eigenvalue weighted by Crippen LogP contribution is -2.58. The highest BCUT2D eigenvalue weighted by molar-refractivity contribution is 5.84. The third-order valence-electron chi connectivity index (χ3n) is 5.36. The standard InChI is InChI=1S/C22H28N2O3/c1-21(2)12-7-13-22(3,4)24(21)27-16-20(23(25)26)15-17-10-11-18-8-5-6-9-19(18)14-17/h5-6,8-11,14-15H,7,12-13,16H2,1-4H3/b20-15+. The maximum atomic E-state index is 11.6. The van der Waals surface area contributed by atoms with Crippen LogP contribution in [-0.4, -0.2) is 27.7 Å². The number of nitrogens with zero attached hydrogens (tertiary/aromatic N) is 2. The van der Waals surface area contributed by atoms with E-state index in [-0.39, 0.29) is 28.3 Å². The van der Waals surface area contributed by atoms with Gasteiger partial charge in [-0.2, -0.15) is 5.06 Å². The van der Waals surface area contributed by atoms with E-state index in [1.54, 1.807) is 6.08 Å². The summed E-state index contributed by atoms with van der Waals surface area (Å²) in [5.41, 5.74) is 0.572. The van der Waals surface area contributed by atoms with Crippen molar-refractivity contribution >= 4 is 16.8 Å². The highest BCUT2D eigenvalue weighted by atomic mass is 16.7. The molecular formula is C22H28N2O3. The Morgan fingerprint density at radius 1 is 1.11 bits per heavy atom. The number of piperidine rings is 1. The summed E-state index contributed by atoms with van der Waals surface area (Å²) in [5.74, 6) is 0. The van der Waals surface area contributed by atoms with Crippen LogP contribution in [-0.2, 0) is 4.84 Å². The van der Waals surface area contributed by atoms with Crippen molar-refractivity contribution in [3.05, 3.63) is 63.8 Å². The average Bonchev–Trinajstić information content (AvgIpc) is 2.59. The molecule has 0 aliphatic carbocycles. The third-order valence-corrected chi connectivity index (χ3v) is 5.36. The van der Waals surface area contributed by atoms with Gasteiger partial charge in [-0.1, -0.05) is 36.4 Å². The largest absolute Gasteiger partial charge is 0.287 e. The van der Waals surface area contributed by atoms with Gasteiger partial charge in [0.1, 0.15) is 0 Å². The first-order valence-electron chi connectivity index (χ1n) is 9.46. The monoisotopic (exact) mass is 368 g/mol. The van der Waals surface area contributed by atoms with Crippen molar-refractivity contribution in [1.29, 1.82) is 0 Å². The van der Waals surface area contributed by atoms with Crippen LogP contribution in [0.15, 0.2) is 48.2 Å². The molecule has 1 aliphatic heterocycles. The second-order valence-electron chi connectivity index (χ2n) is 8.55. The van der Waals surface area contributed by atoms with Crippen LogP contribution in [0.3, 0.4) is 0 Å². The first kappa shape index (κ1) is 19.5. The van der Waals surface area contributed by atoms with E-state index in [9.17, 15) is 10.1 Å². The zero-order chi connectivity index (χ0) is 19.7. The summed E-state index contributed by atoms with van der Waals surface area (Å²) in [6, 6.07) is 13.8. The van der Waals surface area contributed by atoms with Crippen molar-refractivity contribution in [2.45, 2.75) is 58.0 Å². The molecule has 0 unspecified atom stereocenters. The Morgan fingerprint density at radius 2 is 1.74 bits per heavy atom. The molecule has 1 fully saturated rings. The molecule has 3 rings (SSSR count). The van der Waals surface area contributed by atoms with Crippen LogP contribution >= 0.6 is 0 Å². The number of fused-ring (bicyclic) bond motifs is 1. The molecule has 0 aromatic heterocycles. The van der Waals surface area contributed by atoms with Gasteiger partial charge in [0.25, 0.3) is 5.70 Å². The summed E-state index contributed by atoms with van der Waals surface area (Å²) in [7, 11) is 0. The van der Waals surface area contributed by atoms with Crippen LogP contribution in [0.2, 0.25) is 0 Å². The summed E-state index contributed by atoms with van der Waals surface area (Å²) < 4.78 is 0. The second-order valence-corrected chi connectivity index (χ2v) is 8.55. The maximum absolute atomic E-state index is 11.6. The molecule has 0 spiro atoms. The Bertz CT molecular complexity index is 855. The van der Waals surface area contributed by atoms with Crippen LogP contribution in [0.5, 0.6) is 0 Å². The molecule has 2 aromatic carbocycles. The fourth-order valence-electron chi connectivity index (χ4n) is 4.09. The number of nitro groups is 1. The van der Waals surface area contributed by atoms with E-state index in [2.05, 4.69) is 27.7 Å². The topological polar surface area (TPSA) is 55.6 Å². The summed E-state index contributed by atoms with van der Waals surface area (Å²) in [6.45, 7) is 8.48. The van der Waals surface area contributed by atoms with Crippen LogP contribution in [0.25, 0.3) is 16.8 Å². The van der Waals surface area contributed by atoms with E-state index in [1.807, 2.05) is 47.5 Å². The molecule has 1 aliphatic rings. The first-order chi connectivity index (χ1) is 12.7. The molecule has 0 radical (unpaired) electrons. The van der Waals surface area contributed by atoms with Gasteiger partial charge in [-0.15, -0.1) is 0 Å². The van der Waals surface area contributed by atoms with Gasteiger partial charge in [0.05, 0.1) is 4.92 Å². The number of rotatable bonds is 5. The number of hydrogen-bond donors (Lipinski definition) is 0. The van der Waals surface area contributed by atoms with E-state index >= 15 is 0 Å². The van der Waals surface area contributed by atoms with Crippen molar-refractivity contribution in [2.24, 2.45) is 0 Å². The molecule has 27 heavy (non-hydrogen) atoms. The molecule has 144 valence electrons. The van der Waals surface area contributed by atoms with Crippen molar-refractivity contribution in [3.8, 4) is 0 Å². The highest BCUT2D eigenvalue weighted by Gasteiger charge is 2.43. The molecule has 0 atom stereocenters. The second kappa shape index (κ2) is 7.41. The number of hydrogen-bond acceptors (Lipinski definition) is 4. The summed E-state index contributed by atoms with van der Waals surface area (Å²) in [5, 5.41) is 15.7. The predicted molar refractivity (Wildman–Crippen MR) is 109 cm³/mol. The van der Waals surface area contributed by atoms with Gasteiger partial charge in [0.15, 0.2) is 6.61 Å². The Kier molecular flexibility index (Phi) is 5.36. The summed E-state index contributed by atoms with van der Waals surface area (Å²) >= 11 is 0. The lowest BCUT2D eigenvalue weighted by molar-refractivity contribution is -0.436.